The molecule has 0 aliphatic carbocycles. The number of hydrogen-bond donors (Lipinski definition) is 1. The Morgan fingerprint density at radius 2 is 2.16 bits per heavy atom. The van der Waals surface area contributed by atoms with Crippen LogP contribution in [0.1, 0.15) is 12.0 Å². The van der Waals surface area contributed by atoms with Gasteiger partial charge in [0.15, 0.2) is 0 Å². The molecular formula is C15H20O4. The van der Waals surface area contributed by atoms with Gasteiger partial charge in [-0.25, -0.2) is 0 Å². The molecule has 0 radical (unpaired) electrons. The van der Waals surface area contributed by atoms with E-state index in [4.69, 9.17) is 14.2 Å². The molecule has 1 fully saturated rings. The highest BCUT2D eigenvalue weighted by Crippen LogP contribution is 2.33. The largest absolute Gasteiger partial charge is 0.497 e. The Bertz CT molecular complexity index is 409. The van der Waals surface area contributed by atoms with Crippen LogP contribution in [0.25, 0.3) is 0 Å². The quantitative estimate of drug-likeness (QED) is 0.443. The SMILES string of the molecule is C=C[C@@]1([C@H](O)CCOCc2ccc(OC)cc2)CO1. The van der Waals surface area contributed by atoms with Gasteiger partial charge in [-0.2, -0.15) is 0 Å². The van der Waals surface area contributed by atoms with Crippen LogP contribution in [0.3, 0.4) is 0 Å². The molecule has 19 heavy (non-hydrogen) atoms. The summed E-state index contributed by atoms with van der Waals surface area (Å²) < 4.78 is 15.8. The molecule has 104 valence electrons. The van der Waals surface area contributed by atoms with Crippen molar-refractivity contribution in [3.63, 3.8) is 0 Å². The summed E-state index contributed by atoms with van der Waals surface area (Å²) in [6.07, 6.45) is 1.67. The van der Waals surface area contributed by atoms with Crippen molar-refractivity contribution in [3.8, 4) is 5.75 Å². The van der Waals surface area contributed by atoms with Crippen LogP contribution in [0.4, 0.5) is 0 Å². The Labute approximate surface area is 113 Å². The number of ether oxygens (including phenoxy) is 3. The van der Waals surface area contributed by atoms with Gasteiger partial charge in [-0.3, -0.25) is 0 Å². The van der Waals surface area contributed by atoms with Gasteiger partial charge in [-0.15, -0.1) is 6.58 Å². The summed E-state index contributed by atoms with van der Waals surface area (Å²) in [5.74, 6) is 0.831. The van der Waals surface area contributed by atoms with Crippen LogP contribution in [-0.2, 0) is 16.1 Å². The highest BCUT2D eigenvalue weighted by Gasteiger charge is 2.48. The van der Waals surface area contributed by atoms with E-state index in [1.807, 2.05) is 24.3 Å². The first-order chi connectivity index (χ1) is 9.20. The van der Waals surface area contributed by atoms with Crippen LogP contribution in [0.2, 0.25) is 0 Å². The molecule has 2 atom stereocenters. The normalized spacial score (nSPS) is 22.8. The molecule has 1 aliphatic rings. The average Bonchev–Trinajstić information content (AvgIpc) is 3.25. The van der Waals surface area contributed by atoms with Crippen LogP contribution < -0.4 is 4.74 Å². The van der Waals surface area contributed by atoms with Crippen molar-refractivity contribution in [1.82, 2.24) is 0 Å². The first-order valence-electron chi connectivity index (χ1n) is 6.36. The van der Waals surface area contributed by atoms with E-state index in [1.54, 1.807) is 13.2 Å². The van der Waals surface area contributed by atoms with Crippen LogP contribution in [0.15, 0.2) is 36.9 Å². The lowest BCUT2D eigenvalue weighted by atomic mass is 10.0. The molecule has 1 aliphatic heterocycles. The molecule has 1 aromatic carbocycles. The third-order valence-electron chi connectivity index (χ3n) is 3.35. The standard InChI is InChI=1S/C15H20O4/c1-3-15(11-19-15)14(16)8-9-18-10-12-4-6-13(17-2)7-5-12/h3-7,14,16H,1,8-11H2,2H3/t14-,15+/m1/s1. The zero-order valence-corrected chi connectivity index (χ0v) is 11.2. The maximum atomic E-state index is 9.91. The zero-order chi connectivity index (χ0) is 13.7. The predicted octanol–water partition coefficient (Wildman–Crippen LogP) is 1.92. The molecule has 0 amide bonds. The molecule has 0 bridgehead atoms. The molecule has 1 saturated heterocycles. The van der Waals surface area contributed by atoms with Crippen molar-refractivity contribution in [3.05, 3.63) is 42.5 Å². The smallest absolute Gasteiger partial charge is 0.135 e. The highest BCUT2D eigenvalue weighted by atomic mass is 16.6. The van der Waals surface area contributed by atoms with Crippen LogP contribution in [0, 0.1) is 0 Å². The number of rotatable bonds is 8. The van der Waals surface area contributed by atoms with E-state index in [0.717, 1.165) is 11.3 Å². The molecule has 1 heterocycles. The first-order valence-corrected chi connectivity index (χ1v) is 6.36. The topological polar surface area (TPSA) is 51.2 Å². The second-order valence-corrected chi connectivity index (χ2v) is 4.65. The maximum Gasteiger partial charge on any atom is 0.135 e. The highest BCUT2D eigenvalue weighted by molar-refractivity contribution is 5.26. The van der Waals surface area contributed by atoms with Gasteiger partial charge in [0, 0.05) is 6.61 Å². The Morgan fingerprint density at radius 3 is 2.68 bits per heavy atom. The summed E-state index contributed by atoms with van der Waals surface area (Å²) in [5, 5.41) is 9.91. The lowest BCUT2D eigenvalue weighted by Crippen LogP contribution is -2.28. The number of aliphatic hydroxyl groups is 1. The van der Waals surface area contributed by atoms with Crippen molar-refractivity contribution in [2.45, 2.75) is 24.7 Å². The fraction of sp³-hybridized carbons (Fsp3) is 0.467. The van der Waals surface area contributed by atoms with Crippen molar-refractivity contribution >= 4 is 0 Å². The molecule has 1 aromatic rings. The molecule has 1 N–H and O–H groups in total. The number of hydrogen-bond acceptors (Lipinski definition) is 4. The Hall–Kier alpha value is -1.36. The molecule has 4 heteroatoms. The maximum absolute atomic E-state index is 9.91. The van der Waals surface area contributed by atoms with E-state index in [2.05, 4.69) is 6.58 Å². The first kappa shape index (κ1) is 14.1. The Kier molecular flexibility index (Phi) is 4.58. The fourth-order valence-electron chi connectivity index (χ4n) is 1.88. The van der Waals surface area contributed by atoms with Gasteiger partial charge in [0.1, 0.15) is 11.4 Å². The number of methoxy groups -OCH3 is 1. The van der Waals surface area contributed by atoms with Gasteiger partial charge in [-0.1, -0.05) is 18.2 Å². The number of benzene rings is 1. The van der Waals surface area contributed by atoms with E-state index in [0.29, 0.717) is 26.2 Å². The zero-order valence-electron chi connectivity index (χ0n) is 11.2. The van der Waals surface area contributed by atoms with Gasteiger partial charge in [0.2, 0.25) is 0 Å². The van der Waals surface area contributed by atoms with E-state index < -0.39 is 11.7 Å². The average molecular weight is 264 g/mol. The summed E-state index contributed by atoms with van der Waals surface area (Å²) in [4.78, 5) is 0. The minimum absolute atomic E-state index is 0.492. The van der Waals surface area contributed by atoms with Crippen molar-refractivity contribution in [2.24, 2.45) is 0 Å². The van der Waals surface area contributed by atoms with E-state index >= 15 is 0 Å². The Balaban J connectivity index is 1.67. The van der Waals surface area contributed by atoms with Gasteiger partial charge >= 0.3 is 0 Å². The summed E-state index contributed by atoms with van der Waals surface area (Å²) in [7, 11) is 1.64. The van der Waals surface area contributed by atoms with E-state index in [1.165, 1.54) is 0 Å². The summed E-state index contributed by atoms with van der Waals surface area (Å²) >= 11 is 0. The monoisotopic (exact) mass is 264 g/mol. The van der Waals surface area contributed by atoms with E-state index in [-0.39, 0.29) is 0 Å². The summed E-state index contributed by atoms with van der Waals surface area (Å²) in [6.45, 7) is 5.24. The fourth-order valence-corrected chi connectivity index (χ4v) is 1.88. The lowest BCUT2D eigenvalue weighted by Gasteiger charge is -2.15. The molecule has 2 rings (SSSR count). The molecule has 4 nitrogen and oxygen atoms in total. The number of aliphatic hydroxyl groups excluding tert-OH is 1. The second-order valence-electron chi connectivity index (χ2n) is 4.65. The van der Waals surface area contributed by atoms with Crippen LogP contribution in [-0.4, -0.2) is 37.1 Å². The van der Waals surface area contributed by atoms with Crippen molar-refractivity contribution in [2.75, 3.05) is 20.3 Å². The van der Waals surface area contributed by atoms with Gasteiger partial charge in [0.05, 0.1) is 26.4 Å². The summed E-state index contributed by atoms with van der Waals surface area (Å²) in [5.41, 5.74) is 0.556. The van der Waals surface area contributed by atoms with Crippen LogP contribution in [0.5, 0.6) is 5.75 Å². The molecule has 0 spiro atoms. The minimum Gasteiger partial charge on any atom is -0.497 e. The van der Waals surface area contributed by atoms with Crippen molar-refractivity contribution in [1.29, 1.82) is 0 Å². The molecule has 0 saturated carbocycles. The predicted molar refractivity (Wildman–Crippen MR) is 72.2 cm³/mol. The van der Waals surface area contributed by atoms with Gasteiger partial charge in [0.25, 0.3) is 0 Å². The number of epoxide rings is 1. The molecule has 0 aromatic heterocycles. The van der Waals surface area contributed by atoms with Crippen molar-refractivity contribution < 1.29 is 19.3 Å². The molecular weight excluding hydrogens is 244 g/mol. The Morgan fingerprint density at radius 1 is 1.47 bits per heavy atom. The van der Waals surface area contributed by atoms with E-state index in [9.17, 15) is 5.11 Å². The van der Waals surface area contributed by atoms with Gasteiger partial charge in [-0.05, 0) is 24.1 Å². The molecule has 0 unspecified atom stereocenters. The lowest BCUT2D eigenvalue weighted by molar-refractivity contribution is 0.0435. The third kappa shape index (κ3) is 3.56. The third-order valence-corrected chi connectivity index (χ3v) is 3.35. The summed E-state index contributed by atoms with van der Waals surface area (Å²) in [6, 6.07) is 7.73. The van der Waals surface area contributed by atoms with Crippen LogP contribution >= 0.6 is 0 Å². The minimum atomic E-state index is -0.541. The van der Waals surface area contributed by atoms with Gasteiger partial charge < -0.3 is 19.3 Å². The second kappa shape index (κ2) is 6.19.